The summed E-state index contributed by atoms with van der Waals surface area (Å²) in [4.78, 5) is 4.54. The van der Waals surface area contributed by atoms with Gasteiger partial charge in [-0.25, -0.2) is 4.98 Å². The van der Waals surface area contributed by atoms with E-state index in [1.165, 1.54) is 0 Å². The highest BCUT2D eigenvalue weighted by Gasteiger charge is 2.05. The molecule has 5 heteroatoms. The van der Waals surface area contributed by atoms with E-state index in [2.05, 4.69) is 22.6 Å². The molecule has 2 aromatic heterocycles. The Bertz CT molecular complexity index is 436. The van der Waals surface area contributed by atoms with Gasteiger partial charge >= 0.3 is 0 Å². The molecule has 0 bridgehead atoms. The van der Waals surface area contributed by atoms with Crippen LogP contribution in [0.25, 0.3) is 11.3 Å². The maximum absolute atomic E-state index is 5.88. The molecule has 0 fully saturated rings. The Kier molecular flexibility index (Phi) is 3.75. The van der Waals surface area contributed by atoms with Crippen LogP contribution in [0.15, 0.2) is 16.8 Å². The topological polar surface area (TPSA) is 24.9 Å². The summed E-state index contributed by atoms with van der Waals surface area (Å²) >= 11 is 9.10. The summed E-state index contributed by atoms with van der Waals surface area (Å²) < 4.78 is 0.811. The summed E-state index contributed by atoms with van der Waals surface area (Å²) in [7, 11) is 0. The van der Waals surface area contributed by atoms with Gasteiger partial charge in [0.25, 0.3) is 0 Å². The van der Waals surface area contributed by atoms with Crippen LogP contribution in [0.4, 0.5) is 0 Å². The Balaban J connectivity index is 2.13. The zero-order chi connectivity index (χ0) is 10.7. The molecular formula is C10H11ClN2S2. The lowest BCUT2D eigenvalue weighted by atomic mass is 10.3. The van der Waals surface area contributed by atoms with Crippen molar-refractivity contribution in [2.45, 2.75) is 13.5 Å². The number of thiophene rings is 1. The highest BCUT2D eigenvalue weighted by atomic mass is 35.5. The van der Waals surface area contributed by atoms with Crippen molar-refractivity contribution in [1.82, 2.24) is 10.3 Å². The first-order valence-corrected chi connectivity index (χ1v) is 6.83. The van der Waals surface area contributed by atoms with Crippen LogP contribution in [0, 0.1) is 0 Å². The molecular weight excluding hydrogens is 248 g/mol. The molecule has 0 spiro atoms. The SMILES string of the molecule is CCNCc1nc(-c2csc(Cl)c2)cs1. The average Bonchev–Trinajstić information content (AvgIpc) is 2.83. The minimum Gasteiger partial charge on any atom is -0.311 e. The Morgan fingerprint density at radius 2 is 2.27 bits per heavy atom. The zero-order valence-corrected chi connectivity index (χ0v) is 10.7. The van der Waals surface area contributed by atoms with Crippen molar-refractivity contribution in [3.63, 3.8) is 0 Å². The molecule has 0 aliphatic heterocycles. The van der Waals surface area contributed by atoms with Gasteiger partial charge in [0, 0.05) is 22.9 Å². The fourth-order valence-electron chi connectivity index (χ4n) is 1.20. The van der Waals surface area contributed by atoms with Gasteiger partial charge in [-0.1, -0.05) is 18.5 Å². The van der Waals surface area contributed by atoms with Gasteiger partial charge in [0.15, 0.2) is 0 Å². The van der Waals surface area contributed by atoms with Crippen molar-refractivity contribution >= 4 is 34.3 Å². The molecule has 0 amide bonds. The number of hydrogen-bond donors (Lipinski definition) is 1. The van der Waals surface area contributed by atoms with Crippen molar-refractivity contribution in [1.29, 1.82) is 0 Å². The fraction of sp³-hybridized carbons (Fsp3) is 0.300. The molecule has 0 saturated carbocycles. The minimum absolute atomic E-state index is 0.811. The number of rotatable bonds is 4. The molecule has 2 aromatic rings. The largest absolute Gasteiger partial charge is 0.311 e. The van der Waals surface area contributed by atoms with Gasteiger partial charge in [0.1, 0.15) is 5.01 Å². The van der Waals surface area contributed by atoms with E-state index in [4.69, 9.17) is 11.6 Å². The van der Waals surface area contributed by atoms with Crippen molar-refractivity contribution in [3.05, 3.63) is 26.2 Å². The van der Waals surface area contributed by atoms with E-state index in [-0.39, 0.29) is 0 Å². The van der Waals surface area contributed by atoms with Crippen LogP contribution < -0.4 is 5.32 Å². The Morgan fingerprint density at radius 3 is 2.93 bits per heavy atom. The maximum atomic E-state index is 5.88. The summed E-state index contributed by atoms with van der Waals surface area (Å²) in [5.74, 6) is 0. The molecule has 0 aliphatic rings. The Labute approximate surface area is 102 Å². The van der Waals surface area contributed by atoms with Gasteiger partial charge < -0.3 is 5.32 Å². The number of nitrogens with zero attached hydrogens (tertiary/aromatic N) is 1. The van der Waals surface area contributed by atoms with Crippen molar-refractivity contribution in [3.8, 4) is 11.3 Å². The molecule has 2 rings (SSSR count). The molecule has 0 unspecified atom stereocenters. The molecule has 0 saturated heterocycles. The standard InChI is InChI=1S/C10H11ClN2S2/c1-2-12-4-10-13-8(6-15-10)7-3-9(11)14-5-7/h3,5-6,12H,2,4H2,1H3. The molecule has 0 atom stereocenters. The number of aromatic nitrogens is 1. The highest BCUT2D eigenvalue weighted by Crippen LogP contribution is 2.29. The monoisotopic (exact) mass is 258 g/mol. The number of halogens is 1. The zero-order valence-electron chi connectivity index (χ0n) is 8.29. The molecule has 0 radical (unpaired) electrons. The van der Waals surface area contributed by atoms with E-state index >= 15 is 0 Å². The summed E-state index contributed by atoms with van der Waals surface area (Å²) in [6.07, 6.45) is 0. The number of nitrogens with one attached hydrogen (secondary N) is 1. The van der Waals surface area contributed by atoms with Crippen LogP contribution in [0.3, 0.4) is 0 Å². The third-order valence-electron chi connectivity index (χ3n) is 1.94. The predicted molar refractivity (Wildman–Crippen MR) is 67.8 cm³/mol. The van der Waals surface area contributed by atoms with E-state index < -0.39 is 0 Å². The first-order chi connectivity index (χ1) is 7.29. The van der Waals surface area contributed by atoms with Gasteiger partial charge in [-0.2, -0.15) is 0 Å². The van der Waals surface area contributed by atoms with Gasteiger partial charge in [0.2, 0.25) is 0 Å². The second-order valence-corrected chi connectivity index (χ2v) is 5.53. The lowest BCUT2D eigenvalue weighted by Gasteiger charge is -1.94. The first kappa shape index (κ1) is 11.1. The Hall–Kier alpha value is -0.420. The van der Waals surface area contributed by atoms with Crippen LogP contribution in [0.5, 0.6) is 0 Å². The molecule has 2 heterocycles. The van der Waals surface area contributed by atoms with Crippen LogP contribution >= 0.6 is 34.3 Å². The molecule has 15 heavy (non-hydrogen) atoms. The van der Waals surface area contributed by atoms with Crippen LogP contribution in [0.2, 0.25) is 4.34 Å². The highest BCUT2D eigenvalue weighted by molar-refractivity contribution is 7.14. The molecule has 0 aromatic carbocycles. The average molecular weight is 259 g/mol. The molecule has 1 N–H and O–H groups in total. The Morgan fingerprint density at radius 1 is 1.40 bits per heavy atom. The van der Waals surface area contributed by atoms with Crippen LogP contribution in [-0.4, -0.2) is 11.5 Å². The predicted octanol–water partition coefficient (Wildman–Crippen LogP) is 3.63. The maximum Gasteiger partial charge on any atom is 0.107 e. The molecule has 0 aliphatic carbocycles. The van der Waals surface area contributed by atoms with Crippen molar-refractivity contribution < 1.29 is 0 Å². The third kappa shape index (κ3) is 2.78. The summed E-state index contributed by atoms with van der Waals surface area (Å²) in [5.41, 5.74) is 2.14. The number of thiazole rings is 1. The van der Waals surface area contributed by atoms with E-state index in [0.29, 0.717) is 0 Å². The minimum atomic E-state index is 0.811. The van der Waals surface area contributed by atoms with Crippen LogP contribution in [-0.2, 0) is 6.54 Å². The smallest absolute Gasteiger partial charge is 0.107 e. The van der Waals surface area contributed by atoms with E-state index in [0.717, 1.165) is 33.7 Å². The van der Waals surface area contributed by atoms with Gasteiger partial charge in [-0.3, -0.25) is 0 Å². The van der Waals surface area contributed by atoms with E-state index in [9.17, 15) is 0 Å². The van der Waals surface area contributed by atoms with E-state index in [1.54, 1.807) is 22.7 Å². The van der Waals surface area contributed by atoms with Gasteiger partial charge in [0.05, 0.1) is 10.0 Å². The normalized spacial score (nSPS) is 10.8. The summed E-state index contributed by atoms with van der Waals surface area (Å²) in [6.45, 7) is 3.91. The second-order valence-electron chi connectivity index (χ2n) is 3.05. The van der Waals surface area contributed by atoms with Crippen molar-refractivity contribution in [2.75, 3.05) is 6.54 Å². The van der Waals surface area contributed by atoms with E-state index in [1.807, 2.05) is 11.4 Å². The summed E-state index contributed by atoms with van der Waals surface area (Å²) in [5, 5.41) is 8.49. The van der Waals surface area contributed by atoms with Crippen LogP contribution in [0.1, 0.15) is 11.9 Å². The lowest BCUT2D eigenvalue weighted by Crippen LogP contribution is -2.11. The lowest BCUT2D eigenvalue weighted by molar-refractivity contribution is 0.723. The molecule has 2 nitrogen and oxygen atoms in total. The van der Waals surface area contributed by atoms with Gasteiger partial charge in [-0.05, 0) is 12.6 Å². The quantitative estimate of drug-likeness (QED) is 0.906. The van der Waals surface area contributed by atoms with Gasteiger partial charge in [-0.15, -0.1) is 22.7 Å². The van der Waals surface area contributed by atoms with Crippen molar-refractivity contribution in [2.24, 2.45) is 0 Å². The second kappa shape index (κ2) is 5.07. The first-order valence-electron chi connectivity index (χ1n) is 4.69. The fourth-order valence-corrected chi connectivity index (χ4v) is 2.85. The third-order valence-corrected chi connectivity index (χ3v) is 3.88. The summed E-state index contributed by atoms with van der Waals surface area (Å²) in [6, 6.07) is 1.96. The number of hydrogen-bond acceptors (Lipinski definition) is 4. The molecule has 80 valence electrons.